The van der Waals surface area contributed by atoms with Crippen molar-refractivity contribution in [3.63, 3.8) is 0 Å². The molecule has 1 aliphatic rings. The molecule has 0 saturated heterocycles. The van der Waals surface area contributed by atoms with Crippen LogP contribution in [0.25, 0.3) is 0 Å². The number of alkyl halides is 3. The molecule has 0 aromatic heterocycles. The molecule has 3 rings (SSSR count). The molecular formula is C20H17F4NO2. The third-order valence-electron chi connectivity index (χ3n) is 4.35. The van der Waals surface area contributed by atoms with Crippen LogP contribution in [0.1, 0.15) is 12.5 Å². The van der Waals surface area contributed by atoms with Crippen molar-refractivity contribution in [1.29, 1.82) is 0 Å². The zero-order chi connectivity index (χ0) is 19.6. The summed E-state index contributed by atoms with van der Waals surface area (Å²) in [4.78, 5) is 14.0. The zero-order valence-electron chi connectivity index (χ0n) is 14.5. The van der Waals surface area contributed by atoms with Crippen LogP contribution in [-0.2, 0) is 11.2 Å². The molecule has 27 heavy (non-hydrogen) atoms. The van der Waals surface area contributed by atoms with E-state index < -0.39 is 18.6 Å². The third-order valence-corrected chi connectivity index (χ3v) is 4.35. The fourth-order valence-electron chi connectivity index (χ4n) is 2.93. The predicted octanol–water partition coefficient (Wildman–Crippen LogP) is 4.67. The van der Waals surface area contributed by atoms with Gasteiger partial charge < -0.3 is 9.64 Å². The molecule has 0 aliphatic carbocycles. The minimum absolute atomic E-state index is 0.141. The van der Waals surface area contributed by atoms with Gasteiger partial charge in [-0.1, -0.05) is 18.2 Å². The van der Waals surface area contributed by atoms with E-state index in [1.165, 1.54) is 35.2 Å². The van der Waals surface area contributed by atoms with Crippen LogP contribution in [0.4, 0.5) is 23.2 Å². The Kier molecular flexibility index (Phi) is 5.21. The number of hydrogen-bond donors (Lipinski definition) is 0. The third kappa shape index (κ3) is 4.48. The molecule has 3 nitrogen and oxygen atoms in total. The molecule has 0 unspecified atom stereocenters. The second-order valence-electron chi connectivity index (χ2n) is 6.28. The normalized spacial score (nSPS) is 14.9. The van der Waals surface area contributed by atoms with Crippen LogP contribution in [-0.4, -0.2) is 25.2 Å². The van der Waals surface area contributed by atoms with Gasteiger partial charge in [0.1, 0.15) is 11.6 Å². The van der Waals surface area contributed by atoms with Gasteiger partial charge in [-0.2, -0.15) is 13.2 Å². The van der Waals surface area contributed by atoms with Gasteiger partial charge in [0.2, 0.25) is 0 Å². The molecular weight excluding hydrogens is 362 g/mol. The molecule has 142 valence electrons. The Morgan fingerprint density at radius 1 is 1.07 bits per heavy atom. The average Bonchev–Trinajstić information content (AvgIpc) is 2.89. The minimum atomic E-state index is -4.43. The SMILES string of the molecule is CC1=C(Cc2ccccc2OCC(F)(F)F)CN(c2ccc(F)cc2)C1=O. The van der Waals surface area contributed by atoms with Crippen molar-refractivity contribution < 1.29 is 27.1 Å². The van der Waals surface area contributed by atoms with E-state index in [4.69, 9.17) is 4.74 Å². The summed E-state index contributed by atoms with van der Waals surface area (Å²) in [5, 5.41) is 0. The fraction of sp³-hybridized carbons (Fsp3) is 0.250. The molecule has 1 amide bonds. The number of carbonyl (C=O) groups excluding carboxylic acids is 1. The highest BCUT2D eigenvalue weighted by Crippen LogP contribution is 2.30. The molecule has 1 heterocycles. The zero-order valence-corrected chi connectivity index (χ0v) is 14.5. The number of anilines is 1. The van der Waals surface area contributed by atoms with Crippen molar-refractivity contribution in [1.82, 2.24) is 0 Å². The van der Waals surface area contributed by atoms with E-state index in [2.05, 4.69) is 0 Å². The maximum Gasteiger partial charge on any atom is 0.422 e. The highest BCUT2D eigenvalue weighted by atomic mass is 19.4. The summed E-state index contributed by atoms with van der Waals surface area (Å²) in [7, 11) is 0. The monoisotopic (exact) mass is 379 g/mol. The van der Waals surface area contributed by atoms with Crippen LogP contribution in [0, 0.1) is 5.82 Å². The van der Waals surface area contributed by atoms with Crippen molar-refractivity contribution in [2.24, 2.45) is 0 Å². The second kappa shape index (κ2) is 7.42. The van der Waals surface area contributed by atoms with Crippen molar-refractivity contribution in [3.05, 3.63) is 71.1 Å². The number of hydrogen-bond acceptors (Lipinski definition) is 2. The number of nitrogens with zero attached hydrogens (tertiary/aromatic N) is 1. The van der Waals surface area contributed by atoms with E-state index in [1.807, 2.05) is 0 Å². The Hall–Kier alpha value is -2.83. The van der Waals surface area contributed by atoms with Crippen LogP contribution < -0.4 is 9.64 Å². The lowest BCUT2D eigenvalue weighted by molar-refractivity contribution is -0.153. The summed E-state index contributed by atoms with van der Waals surface area (Å²) in [6.45, 7) is 0.604. The van der Waals surface area contributed by atoms with E-state index in [0.717, 1.165) is 5.57 Å². The van der Waals surface area contributed by atoms with E-state index in [0.29, 0.717) is 29.8 Å². The fourth-order valence-corrected chi connectivity index (χ4v) is 2.93. The summed E-state index contributed by atoms with van der Waals surface area (Å²) in [6, 6.07) is 12.0. The summed E-state index contributed by atoms with van der Waals surface area (Å²) >= 11 is 0. The van der Waals surface area contributed by atoms with Crippen LogP contribution in [0.15, 0.2) is 59.7 Å². The van der Waals surface area contributed by atoms with Crippen LogP contribution >= 0.6 is 0 Å². The Bertz CT molecular complexity index is 872. The number of benzene rings is 2. The lowest BCUT2D eigenvalue weighted by atomic mass is 10.0. The Morgan fingerprint density at radius 2 is 1.74 bits per heavy atom. The smallest absolute Gasteiger partial charge is 0.422 e. The van der Waals surface area contributed by atoms with Gasteiger partial charge in [-0.05, 0) is 54.8 Å². The lowest BCUT2D eigenvalue weighted by Crippen LogP contribution is -2.26. The minimum Gasteiger partial charge on any atom is -0.484 e. The summed E-state index contributed by atoms with van der Waals surface area (Å²) in [6.07, 6.45) is -4.13. The summed E-state index contributed by atoms with van der Waals surface area (Å²) < 4.78 is 55.4. The van der Waals surface area contributed by atoms with Gasteiger partial charge in [-0.15, -0.1) is 0 Å². The molecule has 0 fully saturated rings. The Morgan fingerprint density at radius 3 is 2.41 bits per heavy atom. The first-order valence-electron chi connectivity index (χ1n) is 8.28. The molecule has 2 aromatic carbocycles. The number of carbonyl (C=O) groups is 1. The average molecular weight is 379 g/mol. The molecule has 2 aromatic rings. The molecule has 0 bridgehead atoms. The number of amides is 1. The first kappa shape index (κ1) is 18.9. The highest BCUT2D eigenvalue weighted by molar-refractivity contribution is 6.08. The van der Waals surface area contributed by atoms with E-state index in [-0.39, 0.29) is 11.7 Å². The van der Waals surface area contributed by atoms with Gasteiger partial charge in [-0.3, -0.25) is 4.79 Å². The first-order valence-corrected chi connectivity index (χ1v) is 8.28. The Balaban J connectivity index is 1.78. The standard InChI is InChI=1S/C20H17F4NO2/c1-13-15(11-25(19(13)26)17-8-6-16(21)7-9-17)10-14-4-2-3-5-18(14)27-12-20(22,23)24/h2-9H,10-12H2,1H3. The quantitative estimate of drug-likeness (QED) is 0.707. The topological polar surface area (TPSA) is 29.5 Å². The first-order chi connectivity index (χ1) is 12.7. The van der Waals surface area contributed by atoms with Crippen molar-refractivity contribution in [2.45, 2.75) is 19.5 Å². The number of rotatable bonds is 5. The largest absolute Gasteiger partial charge is 0.484 e. The van der Waals surface area contributed by atoms with E-state index in [1.54, 1.807) is 25.1 Å². The molecule has 0 N–H and O–H groups in total. The molecule has 0 saturated carbocycles. The van der Waals surface area contributed by atoms with E-state index in [9.17, 15) is 22.4 Å². The van der Waals surface area contributed by atoms with Gasteiger partial charge in [-0.25, -0.2) is 4.39 Å². The van der Waals surface area contributed by atoms with Gasteiger partial charge in [0.15, 0.2) is 6.61 Å². The van der Waals surface area contributed by atoms with Gasteiger partial charge in [0.05, 0.1) is 0 Å². The molecule has 0 radical (unpaired) electrons. The number of para-hydroxylation sites is 1. The molecule has 0 spiro atoms. The Labute approximate surface area is 153 Å². The summed E-state index contributed by atoms with van der Waals surface area (Å²) in [5.74, 6) is -0.459. The van der Waals surface area contributed by atoms with Gasteiger partial charge in [0, 0.05) is 17.8 Å². The lowest BCUT2D eigenvalue weighted by Gasteiger charge is -2.17. The predicted molar refractivity (Wildman–Crippen MR) is 93.1 cm³/mol. The van der Waals surface area contributed by atoms with Crippen LogP contribution in [0.5, 0.6) is 5.75 Å². The van der Waals surface area contributed by atoms with Crippen LogP contribution in [0.3, 0.4) is 0 Å². The van der Waals surface area contributed by atoms with E-state index >= 15 is 0 Å². The molecule has 0 atom stereocenters. The second-order valence-corrected chi connectivity index (χ2v) is 6.28. The van der Waals surface area contributed by atoms with Gasteiger partial charge >= 0.3 is 6.18 Å². The maximum absolute atomic E-state index is 13.1. The van der Waals surface area contributed by atoms with Crippen molar-refractivity contribution in [3.8, 4) is 5.75 Å². The molecule has 1 aliphatic heterocycles. The molecule has 7 heteroatoms. The van der Waals surface area contributed by atoms with Crippen molar-refractivity contribution >= 4 is 11.6 Å². The number of ether oxygens (including phenoxy) is 1. The van der Waals surface area contributed by atoms with Gasteiger partial charge in [0.25, 0.3) is 5.91 Å². The number of halogens is 4. The summed E-state index contributed by atoms with van der Waals surface area (Å²) in [5.41, 5.74) is 2.46. The van der Waals surface area contributed by atoms with Crippen LogP contribution in [0.2, 0.25) is 0 Å². The maximum atomic E-state index is 13.1. The highest BCUT2D eigenvalue weighted by Gasteiger charge is 2.30. The van der Waals surface area contributed by atoms with Crippen molar-refractivity contribution in [2.75, 3.05) is 18.1 Å².